The first-order chi connectivity index (χ1) is 14.0. The zero-order chi connectivity index (χ0) is 20.4. The summed E-state index contributed by atoms with van der Waals surface area (Å²) in [7, 11) is -1.64. The number of fused-ring (bicyclic) bond motifs is 1. The summed E-state index contributed by atoms with van der Waals surface area (Å²) in [5, 5.41) is 9.55. The van der Waals surface area contributed by atoms with E-state index in [1.165, 1.54) is 12.4 Å². The third-order valence-corrected chi connectivity index (χ3v) is 5.88. The van der Waals surface area contributed by atoms with Crippen molar-refractivity contribution in [2.45, 2.75) is 16.6 Å². The van der Waals surface area contributed by atoms with Gasteiger partial charge in [0, 0.05) is 28.8 Å². The first-order valence-corrected chi connectivity index (χ1v) is 9.88. The first kappa shape index (κ1) is 19.1. The Kier molecular flexibility index (Phi) is 5.26. The van der Waals surface area contributed by atoms with E-state index < -0.39 is 27.7 Å². The van der Waals surface area contributed by atoms with Crippen molar-refractivity contribution < 1.29 is 17.8 Å². The summed E-state index contributed by atoms with van der Waals surface area (Å²) >= 11 is 0. The Morgan fingerprint density at radius 2 is 2.00 bits per heavy atom. The molecule has 0 bridgehead atoms. The van der Waals surface area contributed by atoms with Crippen LogP contribution in [0.3, 0.4) is 0 Å². The summed E-state index contributed by atoms with van der Waals surface area (Å²) in [5.41, 5.74) is 1.60. The highest BCUT2D eigenvalue weighted by molar-refractivity contribution is 7.86. The van der Waals surface area contributed by atoms with Gasteiger partial charge in [0.2, 0.25) is 0 Å². The molecular weight excluding hydrogens is 400 g/mol. The Bertz CT molecular complexity index is 1150. The highest BCUT2D eigenvalue weighted by Gasteiger charge is 2.20. The van der Waals surface area contributed by atoms with Crippen LogP contribution in [0.4, 0.5) is 8.78 Å². The minimum atomic E-state index is -1.64. The lowest BCUT2D eigenvalue weighted by molar-refractivity contribution is 0.0956. The number of hydrogen-bond acceptors (Lipinski definition) is 5. The lowest BCUT2D eigenvalue weighted by Gasteiger charge is -2.16. The van der Waals surface area contributed by atoms with Crippen molar-refractivity contribution in [3.63, 3.8) is 0 Å². The Morgan fingerprint density at radius 3 is 2.72 bits per heavy atom. The molecule has 1 aliphatic heterocycles. The second-order valence-electron chi connectivity index (χ2n) is 6.36. The second-order valence-corrected chi connectivity index (χ2v) is 8.04. The molecule has 2 atom stereocenters. The fraction of sp³-hybridized carbons (Fsp3) is 0.158. The molecule has 0 aliphatic carbocycles. The van der Waals surface area contributed by atoms with Gasteiger partial charge >= 0.3 is 0 Å². The molecule has 0 saturated heterocycles. The maximum absolute atomic E-state index is 13.3. The van der Waals surface area contributed by atoms with Crippen LogP contribution in [0.25, 0.3) is 11.0 Å². The van der Waals surface area contributed by atoms with Crippen LogP contribution in [0.1, 0.15) is 16.8 Å². The molecule has 1 aromatic carbocycles. The Balaban J connectivity index is 1.35. The molecule has 148 valence electrons. The first-order valence-electron chi connectivity index (χ1n) is 8.67. The van der Waals surface area contributed by atoms with Crippen molar-refractivity contribution in [2.24, 2.45) is 4.99 Å². The zero-order valence-corrected chi connectivity index (χ0v) is 15.7. The maximum Gasteiger partial charge on any atom is 0.253 e. The fourth-order valence-electron chi connectivity index (χ4n) is 2.86. The summed E-state index contributed by atoms with van der Waals surface area (Å²) in [4.78, 5) is 20.7. The predicted molar refractivity (Wildman–Crippen MR) is 104 cm³/mol. The van der Waals surface area contributed by atoms with E-state index in [4.69, 9.17) is 0 Å². The Hall–Kier alpha value is -3.27. The van der Waals surface area contributed by atoms with Crippen LogP contribution in [0, 0.1) is 11.6 Å². The van der Waals surface area contributed by atoms with Crippen molar-refractivity contribution >= 4 is 34.0 Å². The van der Waals surface area contributed by atoms with Crippen molar-refractivity contribution in [3.8, 4) is 0 Å². The highest BCUT2D eigenvalue weighted by atomic mass is 32.2. The van der Waals surface area contributed by atoms with Gasteiger partial charge < -0.3 is 5.32 Å². The van der Waals surface area contributed by atoms with Gasteiger partial charge in [0.05, 0.1) is 40.1 Å². The molecule has 1 amide bonds. The number of nitrogens with zero attached hydrogens (tertiary/aromatic N) is 3. The number of carbonyl (C=O) groups excluding carboxylic acids is 1. The number of benzene rings is 1. The number of rotatable bonds is 5. The van der Waals surface area contributed by atoms with Crippen LogP contribution in [-0.4, -0.2) is 43.3 Å². The van der Waals surface area contributed by atoms with Crippen molar-refractivity contribution in [3.05, 3.63) is 65.6 Å². The molecular formula is C19H15F2N5O2S. The number of pyridine rings is 1. The number of aromatic amines is 1. The van der Waals surface area contributed by atoms with Crippen LogP contribution < -0.4 is 5.32 Å². The van der Waals surface area contributed by atoms with Gasteiger partial charge in [-0.1, -0.05) is 6.08 Å². The minimum Gasteiger partial charge on any atom is -0.346 e. The molecule has 2 aromatic heterocycles. The van der Waals surface area contributed by atoms with E-state index in [0.717, 1.165) is 23.6 Å². The SMILES string of the molecule is O=C(NCC1=CCC(S(=O)c2cc(F)cc(F)c2)C=N1)c1cnc2[nH]ncc2c1. The van der Waals surface area contributed by atoms with Crippen LogP contribution in [0.15, 0.2) is 58.3 Å². The van der Waals surface area contributed by atoms with Crippen molar-refractivity contribution in [1.29, 1.82) is 0 Å². The van der Waals surface area contributed by atoms with Gasteiger partial charge in [-0.2, -0.15) is 5.10 Å². The number of allylic oxidation sites excluding steroid dienone is 1. The number of carbonyl (C=O) groups is 1. The molecule has 3 aromatic rings. The van der Waals surface area contributed by atoms with Gasteiger partial charge in [0.15, 0.2) is 5.65 Å². The molecule has 4 rings (SSSR count). The van der Waals surface area contributed by atoms with E-state index in [9.17, 15) is 17.8 Å². The molecule has 0 saturated carbocycles. The lowest BCUT2D eigenvalue weighted by atomic mass is 10.2. The second kappa shape index (κ2) is 8.00. The average Bonchev–Trinajstić information content (AvgIpc) is 3.19. The maximum atomic E-state index is 13.3. The van der Waals surface area contributed by atoms with Crippen molar-refractivity contribution in [2.75, 3.05) is 6.54 Å². The Morgan fingerprint density at radius 1 is 1.21 bits per heavy atom. The normalized spacial score (nSPS) is 17.2. The standard InChI is InChI=1S/C19H15F2N5O2S/c20-13-4-14(21)6-17(5-13)29(28)16-2-1-15(22-10-16)9-24-19(27)12-3-11-8-25-26-18(11)23-7-12/h1,3-8,10,16H,2,9H2,(H,24,27)(H,23,25,26). The molecule has 2 N–H and O–H groups in total. The van der Waals surface area contributed by atoms with E-state index in [-0.39, 0.29) is 17.3 Å². The van der Waals surface area contributed by atoms with E-state index in [1.54, 1.807) is 18.3 Å². The number of H-pyrrole nitrogens is 1. The summed E-state index contributed by atoms with van der Waals surface area (Å²) in [6.07, 6.45) is 6.64. The average molecular weight is 415 g/mol. The molecule has 3 heterocycles. The monoisotopic (exact) mass is 415 g/mol. The molecule has 10 heteroatoms. The van der Waals surface area contributed by atoms with Crippen LogP contribution >= 0.6 is 0 Å². The Labute approximate surface area is 166 Å². The number of nitrogens with one attached hydrogen (secondary N) is 2. The number of amides is 1. The number of aliphatic imine (C=N–C) groups is 1. The number of aromatic nitrogens is 3. The van der Waals surface area contributed by atoms with Gasteiger partial charge in [-0.25, -0.2) is 13.8 Å². The molecule has 7 nitrogen and oxygen atoms in total. The largest absolute Gasteiger partial charge is 0.346 e. The van der Waals surface area contributed by atoms with Crippen LogP contribution in [0.2, 0.25) is 0 Å². The van der Waals surface area contributed by atoms with Crippen molar-refractivity contribution in [1.82, 2.24) is 20.5 Å². The van der Waals surface area contributed by atoms with E-state index >= 15 is 0 Å². The molecule has 0 radical (unpaired) electrons. The van der Waals surface area contributed by atoms with Crippen LogP contribution in [0.5, 0.6) is 0 Å². The number of halogens is 2. The smallest absolute Gasteiger partial charge is 0.253 e. The summed E-state index contributed by atoms with van der Waals surface area (Å²) in [6.45, 7) is 0.187. The molecule has 0 spiro atoms. The van der Waals surface area contributed by atoms with E-state index in [0.29, 0.717) is 23.3 Å². The van der Waals surface area contributed by atoms with Gasteiger partial charge in [-0.15, -0.1) is 0 Å². The molecule has 2 unspecified atom stereocenters. The summed E-state index contributed by atoms with van der Waals surface area (Å²) < 4.78 is 39.2. The van der Waals surface area contributed by atoms with E-state index in [1.807, 2.05) is 0 Å². The summed E-state index contributed by atoms with van der Waals surface area (Å²) in [5.74, 6) is -1.86. The van der Waals surface area contributed by atoms with Gasteiger partial charge in [0.1, 0.15) is 11.6 Å². The van der Waals surface area contributed by atoms with Crippen LogP contribution in [-0.2, 0) is 10.8 Å². The third kappa shape index (κ3) is 4.27. The minimum absolute atomic E-state index is 0.0752. The lowest BCUT2D eigenvalue weighted by Crippen LogP contribution is -2.27. The van der Waals surface area contributed by atoms with E-state index in [2.05, 4.69) is 25.5 Å². The quantitative estimate of drug-likeness (QED) is 0.669. The van der Waals surface area contributed by atoms with Gasteiger partial charge in [-0.05, 0) is 24.6 Å². The third-order valence-electron chi connectivity index (χ3n) is 4.32. The highest BCUT2D eigenvalue weighted by Crippen LogP contribution is 2.19. The molecule has 29 heavy (non-hydrogen) atoms. The van der Waals surface area contributed by atoms with Gasteiger partial charge in [0.25, 0.3) is 5.91 Å². The predicted octanol–water partition coefficient (Wildman–Crippen LogP) is 2.50. The molecule has 0 fully saturated rings. The zero-order valence-electron chi connectivity index (χ0n) is 14.9. The fourth-order valence-corrected chi connectivity index (χ4v) is 4.11. The topological polar surface area (TPSA) is 100 Å². The van der Waals surface area contributed by atoms with Gasteiger partial charge in [-0.3, -0.25) is 19.1 Å². The summed E-state index contributed by atoms with van der Waals surface area (Å²) in [6, 6.07) is 4.52. The molecule has 1 aliphatic rings. The number of hydrogen-bond donors (Lipinski definition) is 2.